The summed E-state index contributed by atoms with van der Waals surface area (Å²) in [7, 11) is -4.00. The van der Waals surface area contributed by atoms with Crippen LogP contribution in [0.15, 0.2) is 53.4 Å². The summed E-state index contributed by atoms with van der Waals surface area (Å²) in [6.45, 7) is 1.86. The second kappa shape index (κ2) is 5.13. The van der Waals surface area contributed by atoms with Gasteiger partial charge in [0.25, 0.3) is 15.9 Å². The summed E-state index contributed by atoms with van der Waals surface area (Å²) < 4.78 is 26.9. The van der Waals surface area contributed by atoms with E-state index < -0.39 is 15.9 Å². The minimum absolute atomic E-state index is 0.0591. The molecular weight excluding hydrogens is 314 g/mol. The normalized spacial score (nSPS) is 11.7. The van der Waals surface area contributed by atoms with Crippen molar-refractivity contribution in [3.8, 4) is 0 Å². The maximum absolute atomic E-state index is 13.0. The predicted octanol–water partition coefficient (Wildman–Crippen LogP) is 1.87. The molecule has 0 aliphatic rings. The van der Waals surface area contributed by atoms with Gasteiger partial charge in [0.15, 0.2) is 0 Å². The van der Waals surface area contributed by atoms with Gasteiger partial charge in [-0.15, -0.1) is 0 Å². The van der Waals surface area contributed by atoms with Gasteiger partial charge in [-0.1, -0.05) is 35.9 Å². The number of carbonyl (C=O) groups is 1. The summed E-state index contributed by atoms with van der Waals surface area (Å²) in [4.78, 5) is 11.9. The molecule has 0 aliphatic heterocycles. The van der Waals surface area contributed by atoms with Crippen molar-refractivity contribution in [1.29, 1.82) is 0 Å². The quantitative estimate of drug-likeness (QED) is 0.764. The van der Waals surface area contributed by atoms with E-state index in [1.54, 1.807) is 36.4 Å². The second-order valence-electron chi connectivity index (χ2n) is 5.23. The van der Waals surface area contributed by atoms with Crippen LogP contribution in [0.3, 0.4) is 0 Å². The molecule has 0 bridgehead atoms. The zero-order valence-corrected chi connectivity index (χ0v) is 13.2. The number of benzene rings is 2. The number of rotatable bonds is 3. The predicted molar refractivity (Wildman–Crippen MR) is 88.6 cm³/mol. The molecule has 3 aromatic rings. The highest BCUT2D eigenvalue weighted by Crippen LogP contribution is 2.31. The van der Waals surface area contributed by atoms with Crippen molar-refractivity contribution < 1.29 is 13.2 Å². The van der Waals surface area contributed by atoms with Gasteiger partial charge in [0.2, 0.25) is 0 Å². The van der Waals surface area contributed by atoms with Crippen LogP contribution < -0.4 is 11.5 Å². The molecule has 118 valence electrons. The smallest absolute Gasteiger partial charge is 0.268 e. The van der Waals surface area contributed by atoms with E-state index >= 15 is 0 Å². The number of amides is 1. The number of carbonyl (C=O) groups excluding carboxylic acids is 1. The fourth-order valence-corrected chi connectivity index (χ4v) is 4.07. The summed E-state index contributed by atoms with van der Waals surface area (Å²) in [5, 5.41) is 0.469. The fourth-order valence-electron chi connectivity index (χ4n) is 2.53. The first-order chi connectivity index (χ1) is 10.8. The largest absolute Gasteiger partial charge is 0.396 e. The van der Waals surface area contributed by atoms with Crippen LogP contribution in [0, 0.1) is 6.92 Å². The summed E-state index contributed by atoms with van der Waals surface area (Å²) in [6.07, 6.45) is 0. The number of anilines is 1. The van der Waals surface area contributed by atoms with Gasteiger partial charge in [0, 0.05) is 5.39 Å². The van der Waals surface area contributed by atoms with E-state index in [0.29, 0.717) is 10.9 Å². The third-order valence-electron chi connectivity index (χ3n) is 3.66. The van der Waals surface area contributed by atoms with Gasteiger partial charge in [-0.25, -0.2) is 12.4 Å². The average Bonchev–Trinajstić information content (AvgIpc) is 2.82. The number of aromatic nitrogens is 1. The first kappa shape index (κ1) is 15.1. The summed E-state index contributed by atoms with van der Waals surface area (Å²) in [5.41, 5.74) is 12.4. The van der Waals surface area contributed by atoms with Crippen molar-refractivity contribution in [2.45, 2.75) is 11.8 Å². The van der Waals surface area contributed by atoms with Crippen molar-refractivity contribution in [3.63, 3.8) is 0 Å². The number of nitrogens with zero attached hydrogens (tertiary/aromatic N) is 1. The van der Waals surface area contributed by atoms with Gasteiger partial charge in [-0.05, 0) is 25.1 Å². The Morgan fingerprint density at radius 1 is 1.04 bits per heavy atom. The number of hydrogen-bond acceptors (Lipinski definition) is 4. The lowest BCUT2D eigenvalue weighted by Crippen LogP contribution is -2.23. The maximum Gasteiger partial charge on any atom is 0.268 e. The van der Waals surface area contributed by atoms with Crippen LogP contribution >= 0.6 is 0 Å². The number of fused-ring (bicyclic) bond motifs is 1. The lowest BCUT2D eigenvalue weighted by Gasteiger charge is -2.10. The van der Waals surface area contributed by atoms with E-state index in [1.807, 2.05) is 6.92 Å². The number of nitrogens with two attached hydrogens (primary N) is 2. The van der Waals surface area contributed by atoms with Gasteiger partial charge in [-0.3, -0.25) is 4.79 Å². The molecule has 0 saturated heterocycles. The number of aryl methyl sites for hydroxylation is 1. The number of nitrogen functional groups attached to an aromatic ring is 1. The first-order valence-corrected chi connectivity index (χ1v) is 8.29. The topological polar surface area (TPSA) is 108 Å². The van der Waals surface area contributed by atoms with Crippen LogP contribution in [-0.2, 0) is 10.0 Å². The molecule has 0 atom stereocenters. The Hall–Kier alpha value is -2.80. The molecule has 2 aromatic carbocycles. The Kier molecular flexibility index (Phi) is 3.37. The Bertz CT molecular complexity index is 1020. The molecule has 0 aliphatic carbocycles. The Balaban J connectivity index is 2.41. The van der Waals surface area contributed by atoms with Gasteiger partial charge in [0.1, 0.15) is 5.69 Å². The highest BCUT2D eigenvalue weighted by Gasteiger charge is 2.28. The van der Waals surface area contributed by atoms with Gasteiger partial charge in [0.05, 0.1) is 16.1 Å². The number of para-hydroxylation sites is 1. The van der Waals surface area contributed by atoms with Crippen LogP contribution in [0.5, 0.6) is 0 Å². The lowest BCUT2D eigenvalue weighted by atomic mass is 10.2. The Morgan fingerprint density at radius 3 is 2.26 bits per heavy atom. The van der Waals surface area contributed by atoms with Crippen LogP contribution in [0.25, 0.3) is 10.9 Å². The fraction of sp³-hybridized carbons (Fsp3) is 0.0625. The van der Waals surface area contributed by atoms with Crippen LogP contribution in [0.2, 0.25) is 0 Å². The van der Waals surface area contributed by atoms with Crippen molar-refractivity contribution in [2.75, 3.05) is 5.73 Å². The number of hydrogen-bond donors (Lipinski definition) is 2. The Morgan fingerprint density at radius 2 is 1.65 bits per heavy atom. The molecule has 23 heavy (non-hydrogen) atoms. The van der Waals surface area contributed by atoms with E-state index in [-0.39, 0.29) is 16.3 Å². The zero-order valence-electron chi connectivity index (χ0n) is 12.4. The molecule has 0 saturated carbocycles. The van der Waals surface area contributed by atoms with Crippen molar-refractivity contribution in [1.82, 2.24) is 3.97 Å². The highest BCUT2D eigenvalue weighted by molar-refractivity contribution is 7.90. The third-order valence-corrected chi connectivity index (χ3v) is 5.39. The lowest BCUT2D eigenvalue weighted by molar-refractivity contribution is 0.0996. The van der Waals surface area contributed by atoms with E-state index in [0.717, 1.165) is 9.54 Å². The van der Waals surface area contributed by atoms with Crippen molar-refractivity contribution in [3.05, 3.63) is 59.8 Å². The van der Waals surface area contributed by atoms with Crippen LogP contribution in [-0.4, -0.2) is 18.3 Å². The molecule has 4 N–H and O–H groups in total. The van der Waals surface area contributed by atoms with Gasteiger partial charge < -0.3 is 11.5 Å². The molecule has 0 spiro atoms. The number of primary amides is 1. The molecule has 0 unspecified atom stereocenters. The van der Waals surface area contributed by atoms with Crippen molar-refractivity contribution >= 4 is 32.5 Å². The minimum Gasteiger partial charge on any atom is -0.396 e. The SMILES string of the molecule is Cc1ccc(S(=O)(=O)n2c(C(N)=O)c(N)c3ccccc32)cc1. The first-order valence-electron chi connectivity index (χ1n) is 6.85. The van der Waals surface area contributed by atoms with E-state index in [4.69, 9.17) is 11.5 Å². The second-order valence-corrected chi connectivity index (χ2v) is 7.01. The van der Waals surface area contributed by atoms with Crippen molar-refractivity contribution in [2.24, 2.45) is 5.73 Å². The monoisotopic (exact) mass is 329 g/mol. The summed E-state index contributed by atoms with van der Waals surface area (Å²) in [6, 6.07) is 13.0. The van der Waals surface area contributed by atoms with E-state index in [2.05, 4.69) is 0 Å². The summed E-state index contributed by atoms with van der Waals surface area (Å²) >= 11 is 0. The Labute approximate surface area is 133 Å². The van der Waals surface area contributed by atoms with E-state index in [1.165, 1.54) is 12.1 Å². The van der Waals surface area contributed by atoms with Crippen LogP contribution in [0.1, 0.15) is 16.1 Å². The molecule has 1 heterocycles. The summed E-state index contributed by atoms with van der Waals surface area (Å²) in [5.74, 6) is -0.894. The molecule has 7 heteroatoms. The zero-order chi connectivity index (χ0) is 16.8. The molecule has 6 nitrogen and oxygen atoms in total. The van der Waals surface area contributed by atoms with Gasteiger partial charge >= 0.3 is 0 Å². The highest BCUT2D eigenvalue weighted by atomic mass is 32.2. The molecule has 0 radical (unpaired) electrons. The van der Waals surface area contributed by atoms with E-state index in [9.17, 15) is 13.2 Å². The molecule has 1 amide bonds. The third kappa shape index (κ3) is 2.25. The molecule has 0 fully saturated rings. The van der Waals surface area contributed by atoms with Crippen LogP contribution in [0.4, 0.5) is 5.69 Å². The molecular formula is C16H15N3O3S. The molecule has 1 aromatic heterocycles. The van der Waals surface area contributed by atoms with Gasteiger partial charge in [-0.2, -0.15) is 0 Å². The maximum atomic E-state index is 13.0. The molecule has 3 rings (SSSR count). The minimum atomic E-state index is -4.00. The standard InChI is InChI=1S/C16H15N3O3S/c1-10-6-8-11(9-7-10)23(21,22)19-13-5-3-2-4-12(13)14(17)15(19)16(18)20/h2-9H,17H2,1H3,(H2,18,20). The average molecular weight is 329 g/mol.